The number of rotatable bonds is 7. The lowest BCUT2D eigenvalue weighted by Gasteiger charge is -2.18. The molecule has 6 nitrogen and oxygen atoms in total. The Hall–Kier alpha value is -1.28. The number of carbonyl (C=O) groups excluding carboxylic acids is 2. The summed E-state index contributed by atoms with van der Waals surface area (Å²) >= 11 is 2.67. The first-order valence-electron chi connectivity index (χ1n) is 6.13. The molecule has 0 radical (unpaired) electrons. The summed E-state index contributed by atoms with van der Waals surface area (Å²) in [6.07, 6.45) is 2.18. The molecule has 20 heavy (non-hydrogen) atoms. The highest BCUT2D eigenvalue weighted by Crippen LogP contribution is 2.26. The van der Waals surface area contributed by atoms with Gasteiger partial charge in [-0.1, -0.05) is 25.2 Å². The highest BCUT2D eigenvalue weighted by atomic mass is 32.2. The monoisotopic (exact) mass is 317 g/mol. The van der Waals surface area contributed by atoms with E-state index in [1.54, 1.807) is 6.20 Å². The molecular weight excluding hydrogens is 298 g/mol. The fourth-order valence-corrected chi connectivity index (χ4v) is 3.11. The number of nitrogens with one attached hydrogen (secondary N) is 1. The van der Waals surface area contributed by atoms with Crippen molar-refractivity contribution in [2.45, 2.75) is 30.5 Å². The van der Waals surface area contributed by atoms with Crippen LogP contribution in [0.15, 0.2) is 10.4 Å². The van der Waals surface area contributed by atoms with Gasteiger partial charge in [-0.15, -0.1) is 11.8 Å². The number of nitrogen functional groups attached to an aromatic ring is 1. The smallest absolute Gasteiger partial charge is 0.328 e. The van der Waals surface area contributed by atoms with Crippen molar-refractivity contribution in [3.8, 4) is 0 Å². The van der Waals surface area contributed by atoms with Gasteiger partial charge in [0.05, 0.1) is 23.3 Å². The lowest BCUT2D eigenvalue weighted by Crippen LogP contribution is -2.43. The third-order valence-electron chi connectivity index (χ3n) is 2.38. The van der Waals surface area contributed by atoms with Crippen LogP contribution < -0.4 is 11.1 Å². The molecule has 1 atom stereocenters. The Balaban J connectivity index is 2.46. The van der Waals surface area contributed by atoms with E-state index in [0.29, 0.717) is 11.6 Å². The second-order valence-electron chi connectivity index (χ2n) is 4.58. The molecule has 0 aliphatic carbocycles. The van der Waals surface area contributed by atoms with Crippen LogP contribution in [0.2, 0.25) is 0 Å². The fraction of sp³-hybridized carbons (Fsp3) is 0.583. The average molecular weight is 317 g/mol. The van der Waals surface area contributed by atoms with Crippen LogP contribution in [0.4, 0.5) is 5.13 Å². The number of aromatic nitrogens is 1. The molecule has 1 amide bonds. The Labute approximate surface area is 126 Å². The van der Waals surface area contributed by atoms with Crippen LogP contribution in [0.25, 0.3) is 0 Å². The Kier molecular flexibility index (Phi) is 6.80. The van der Waals surface area contributed by atoms with Crippen LogP contribution in [0, 0.1) is 5.92 Å². The molecule has 8 heteroatoms. The minimum absolute atomic E-state index is 0.210. The zero-order valence-electron chi connectivity index (χ0n) is 11.7. The Morgan fingerprint density at radius 3 is 2.75 bits per heavy atom. The van der Waals surface area contributed by atoms with Gasteiger partial charge < -0.3 is 15.8 Å². The first-order valence-corrected chi connectivity index (χ1v) is 7.94. The van der Waals surface area contributed by atoms with Crippen LogP contribution in [0.1, 0.15) is 20.3 Å². The van der Waals surface area contributed by atoms with Gasteiger partial charge >= 0.3 is 5.97 Å². The lowest BCUT2D eigenvalue weighted by molar-refractivity contribution is -0.145. The number of carbonyl (C=O) groups is 2. The quantitative estimate of drug-likeness (QED) is 0.585. The van der Waals surface area contributed by atoms with Crippen molar-refractivity contribution in [2.75, 3.05) is 18.6 Å². The summed E-state index contributed by atoms with van der Waals surface area (Å²) in [5.74, 6) is -0.127. The first-order chi connectivity index (χ1) is 9.42. The Bertz CT molecular complexity index is 463. The second kappa shape index (κ2) is 8.11. The molecule has 0 saturated heterocycles. The van der Waals surface area contributed by atoms with Crippen molar-refractivity contribution >= 4 is 40.1 Å². The average Bonchev–Trinajstić information content (AvgIpc) is 2.80. The van der Waals surface area contributed by atoms with Crippen molar-refractivity contribution < 1.29 is 14.3 Å². The summed E-state index contributed by atoms with van der Waals surface area (Å²) in [5, 5.41) is 3.17. The van der Waals surface area contributed by atoms with E-state index in [1.807, 2.05) is 13.8 Å². The van der Waals surface area contributed by atoms with Crippen molar-refractivity contribution in [3.05, 3.63) is 6.20 Å². The number of nitrogens with zero attached hydrogens (tertiary/aromatic N) is 1. The lowest BCUT2D eigenvalue weighted by atomic mass is 10.0. The van der Waals surface area contributed by atoms with Crippen molar-refractivity contribution in [1.82, 2.24) is 10.3 Å². The van der Waals surface area contributed by atoms with E-state index in [1.165, 1.54) is 30.2 Å². The summed E-state index contributed by atoms with van der Waals surface area (Å²) in [6, 6.07) is -0.598. The molecule has 112 valence electrons. The molecule has 0 aromatic carbocycles. The largest absolute Gasteiger partial charge is 0.467 e. The minimum Gasteiger partial charge on any atom is -0.467 e. The predicted octanol–water partition coefficient (Wildman–Crippen LogP) is 1.52. The van der Waals surface area contributed by atoms with Crippen molar-refractivity contribution in [1.29, 1.82) is 0 Å². The normalized spacial score (nSPS) is 12.2. The van der Waals surface area contributed by atoms with Gasteiger partial charge in [0, 0.05) is 0 Å². The fourth-order valence-electron chi connectivity index (χ4n) is 1.54. The van der Waals surface area contributed by atoms with E-state index in [2.05, 4.69) is 10.3 Å². The molecule has 0 fully saturated rings. The van der Waals surface area contributed by atoms with Gasteiger partial charge in [0.15, 0.2) is 5.13 Å². The maximum atomic E-state index is 11.8. The van der Waals surface area contributed by atoms with E-state index in [9.17, 15) is 9.59 Å². The SMILES string of the molecule is COC(=O)C(CC(C)C)NC(=O)CSc1cnc(N)s1. The number of thiazole rings is 1. The molecule has 1 aromatic heterocycles. The number of methoxy groups -OCH3 is 1. The summed E-state index contributed by atoms with van der Waals surface area (Å²) in [5.41, 5.74) is 5.51. The first kappa shape index (κ1) is 16.8. The summed E-state index contributed by atoms with van der Waals surface area (Å²) in [7, 11) is 1.32. The van der Waals surface area contributed by atoms with Crippen LogP contribution >= 0.6 is 23.1 Å². The van der Waals surface area contributed by atoms with Crippen LogP contribution in [-0.2, 0) is 14.3 Å². The molecule has 1 unspecified atom stereocenters. The molecule has 1 heterocycles. The predicted molar refractivity (Wildman–Crippen MR) is 80.7 cm³/mol. The molecular formula is C12H19N3O3S2. The van der Waals surface area contributed by atoms with Crippen molar-refractivity contribution in [2.24, 2.45) is 5.92 Å². The number of thioether (sulfide) groups is 1. The Morgan fingerprint density at radius 1 is 1.55 bits per heavy atom. The third kappa shape index (κ3) is 5.79. The number of hydrogen-bond acceptors (Lipinski definition) is 7. The molecule has 1 rings (SSSR count). The molecule has 1 aromatic rings. The summed E-state index contributed by atoms with van der Waals surface area (Å²) in [4.78, 5) is 27.3. The maximum Gasteiger partial charge on any atom is 0.328 e. The molecule has 0 spiro atoms. The molecule has 0 aliphatic heterocycles. The van der Waals surface area contributed by atoms with Gasteiger partial charge in [-0.25, -0.2) is 9.78 Å². The van der Waals surface area contributed by atoms with Gasteiger partial charge in [-0.05, 0) is 12.3 Å². The van der Waals surface area contributed by atoms with Gasteiger partial charge in [0.2, 0.25) is 5.91 Å². The van der Waals surface area contributed by atoms with E-state index in [0.717, 1.165) is 4.21 Å². The number of ether oxygens (including phenoxy) is 1. The van der Waals surface area contributed by atoms with E-state index in [-0.39, 0.29) is 17.6 Å². The van der Waals surface area contributed by atoms with Crippen molar-refractivity contribution in [3.63, 3.8) is 0 Å². The van der Waals surface area contributed by atoms with Gasteiger partial charge in [-0.2, -0.15) is 0 Å². The minimum atomic E-state index is -0.598. The number of nitrogens with two attached hydrogens (primary N) is 1. The molecule has 0 bridgehead atoms. The highest BCUT2D eigenvalue weighted by Gasteiger charge is 2.22. The molecule has 3 N–H and O–H groups in total. The van der Waals surface area contributed by atoms with E-state index >= 15 is 0 Å². The second-order valence-corrected chi connectivity index (χ2v) is 6.92. The third-order valence-corrected chi connectivity index (χ3v) is 4.40. The molecule has 0 aliphatic rings. The highest BCUT2D eigenvalue weighted by molar-refractivity contribution is 8.01. The van der Waals surface area contributed by atoms with Crippen LogP contribution in [-0.4, -0.2) is 35.8 Å². The Morgan fingerprint density at radius 2 is 2.25 bits per heavy atom. The zero-order chi connectivity index (χ0) is 15.1. The van der Waals surface area contributed by atoms with E-state index in [4.69, 9.17) is 10.5 Å². The van der Waals surface area contributed by atoms with Crippen LogP contribution in [0.3, 0.4) is 0 Å². The van der Waals surface area contributed by atoms with Gasteiger partial charge in [0.1, 0.15) is 6.04 Å². The van der Waals surface area contributed by atoms with Crippen LogP contribution in [0.5, 0.6) is 0 Å². The number of hydrogen-bond donors (Lipinski definition) is 2. The topological polar surface area (TPSA) is 94.3 Å². The number of anilines is 1. The summed E-state index contributed by atoms with van der Waals surface area (Å²) in [6.45, 7) is 3.97. The number of amides is 1. The van der Waals surface area contributed by atoms with Gasteiger partial charge in [0.25, 0.3) is 0 Å². The maximum absolute atomic E-state index is 11.8. The zero-order valence-corrected chi connectivity index (χ0v) is 13.3. The van der Waals surface area contributed by atoms with Gasteiger partial charge in [-0.3, -0.25) is 4.79 Å². The molecule has 0 saturated carbocycles. The summed E-state index contributed by atoms with van der Waals surface area (Å²) < 4.78 is 5.57. The number of esters is 1. The standard InChI is InChI=1S/C12H19N3O3S2/c1-7(2)4-8(11(17)18-3)15-9(16)6-19-10-5-14-12(13)20-10/h5,7-8H,4,6H2,1-3H3,(H2,13,14)(H,15,16). The van der Waals surface area contributed by atoms with E-state index < -0.39 is 12.0 Å².